The van der Waals surface area contributed by atoms with Crippen molar-refractivity contribution in [3.05, 3.63) is 34.9 Å². The van der Waals surface area contributed by atoms with Crippen LogP contribution in [-0.4, -0.2) is 36.1 Å². The molecular weight excluding hydrogens is 302 g/mol. The minimum absolute atomic E-state index is 0.0966. The molecule has 0 aliphatic carbocycles. The summed E-state index contributed by atoms with van der Waals surface area (Å²) in [6, 6.07) is 6.00. The Morgan fingerprint density at radius 1 is 1.36 bits per heavy atom. The van der Waals surface area contributed by atoms with Crippen LogP contribution >= 0.6 is 0 Å². The number of aryl methyl sites for hydroxylation is 2. The maximum Gasteiger partial charge on any atom is 0.303 e. The van der Waals surface area contributed by atoms with Gasteiger partial charge in [-0.05, 0) is 44.2 Å². The van der Waals surface area contributed by atoms with Crippen molar-refractivity contribution in [1.82, 2.24) is 4.31 Å². The molecule has 1 unspecified atom stereocenters. The maximum absolute atomic E-state index is 12.5. The van der Waals surface area contributed by atoms with Gasteiger partial charge in [-0.25, -0.2) is 8.42 Å². The Hall–Kier alpha value is -1.40. The van der Waals surface area contributed by atoms with Gasteiger partial charge in [0.1, 0.15) is 0 Å². The average Bonchev–Trinajstić information content (AvgIpc) is 2.91. The Bertz CT molecular complexity index is 654. The van der Waals surface area contributed by atoms with Crippen molar-refractivity contribution in [1.29, 1.82) is 0 Å². The fraction of sp³-hybridized carbons (Fsp3) is 0.562. The first kappa shape index (κ1) is 17.0. The second-order valence-electron chi connectivity index (χ2n) is 5.94. The topological polar surface area (TPSA) is 74.7 Å². The van der Waals surface area contributed by atoms with Gasteiger partial charge in [-0.3, -0.25) is 4.79 Å². The SMILES string of the molecule is Cc1ccc(C)c(C2CCCN2S(=O)(=O)CCCC(=O)O)c1. The van der Waals surface area contributed by atoms with Crippen molar-refractivity contribution in [2.45, 2.75) is 45.6 Å². The molecule has 1 aliphatic heterocycles. The minimum atomic E-state index is -3.41. The molecule has 22 heavy (non-hydrogen) atoms. The molecule has 6 heteroatoms. The first-order chi connectivity index (χ1) is 10.3. The van der Waals surface area contributed by atoms with Gasteiger partial charge in [-0.2, -0.15) is 4.31 Å². The molecule has 122 valence electrons. The summed E-state index contributed by atoms with van der Waals surface area (Å²) in [5.41, 5.74) is 3.29. The van der Waals surface area contributed by atoms with E-state index in [2.05, 4.69) is 6.07 Å². The molecule has 1 fully saturated rings. The molecule has 0 saturated carbocycles. The van der Waals surface area contributed by atoms with Gasteiger partial charge in [0, 0.05) is 13.0 Å². The molecule has 1 aliphatic rings. The van der Waals surface area contributed by atoms with Crippen molar-refractivity contribution in [2.75, 3.05) is 12.3 Å². The van der Waals surface area contributed by atoms with E-state index in [0.717, 1.165) is 29.5 Å². The lowest BCUT2D eigenvalue weighted by Crippen LogP contribution is -2.33. The van der Waals surface area contributed by atoms with E-state index < -0.39 is 16.0 Å². The van der Waals surface area contributed by atoms with E-state index in [0.29, 0.717) is 6.54 Å². The van der Waals surface area contributed by atoms with Crippen LogP contribution in [0.2, 0.25) is 0 Å². The van der Waals surface area contributed by atoms with Crippen molar-refractivity contribution < 1.29 is 18.3 Å². The number of carbonyl (C=O) groups is 1. The zero-order valence-electron chi connectivity index (χ0n) is 13.1. The van der Waals surface area contributed by atoms with Crippen molar-refractivity contribution in [3.63, 3.8) is 0 Å². The number of hydrogen-bond acceptors (Lipinski definition) is 3. The third kappa shape index (κ3) is 3.87. The predicted molar refractivity (Wildman–Crippen MR) is 85.3 cm³/mol. The molecule has 0 aromatic heterocycles. The van der Waals surface area contributed by atoms with Crippen LogP contribution in [0.1, 0.15) is 48.4 Å². The normalized spacial score (nSPS) is 19.5. The van der Waals surface area contributed by atoms with E-state index in [9.17, 15) is 13.2 Å². The fourth-order valence-electron chi connectivity index (χ4n) is 3.03. The van der Waals surface area contributed by atoms with Crippen LogP contribution in [0.25, 0.3) is 0 Å². The summed E-state index contributed by atoms with van der Waals surface area (Å²) in [4.78, 5) is 10.6. The number of carboxylic acids is 1. The number of nitrogens with zero attached hydrogens (tertiary/aromatic N) is 1. The lowest BCUT2D eigenvalue weighted by atomic mass is 9.98. The molecule has 1 aromatic rings. The van der Waals surface area contributed by atoms with Crippen molar-refractivity contribution in [3.8, 4) is 0 Å². The van der Waals surface area contributed by atoms with Gasteiger partial charge in [-0.15, -0.1) is 0 Å². The quantitative estimate of drug-likeness (QED) is 0.872. The summed E-state index contributed by atoms with van der Waals surface area (Å²) in [6.07, 6.45) is 1.72. The Balaban J connectivity index is 2.19. The third-order valence-electron chi connectivity index (χ3n) is 4.15. The summed E-state index contributed by atoms with van der Waals surface area (Å²) in [5, 5.41) is 8.66. The molecule has 0 spiro atoms. The first-order valence-corrected chi connectivity index (χ1v) is 9.20. The monoisotopic (exact) mass is 325 g/mol. The van der Waals surface area contributed by atoms with E-state index in [1.807, 2.05) is 26.0 Å². The largest absolute Gasteiger partial charge is 0.481 e. The lowest BCUT2D eigenvalue weighted by molar-refractivity contribution is -0.137. The molecule has 0 amide bonds. The standard InChI is InChI=1S/C16H23NO4S/c1-12-7-8-13(2)14(11-12)15-5-3-9-17(15)22(20,21)10-4-6-16(18)19/h7-8,11,15H,3-6,9-10H2,1-2H3,(H,18,19). The second kappa shape index (κ2) is 6.79. The van der Waals surface area contributed by atoms with Crippen LogP contribution in [0.5, 0.6) is 0 Å². The number of hydrogen-bond donors (Lipinski definition) is 1. The molecule has 1 heterocycles. The summed E-state index contributed by atoms with van der Waals surface area (Å²) >= 11 is 0. The Morgan fingerprint density at radius 2 is 2.09 bits per heavy atom. The van der Waals surface area contributed by atoms with Crippen LogP contribution in [0.3, 0.4) is 0 Å². The highest BCUT2D eigenvalue weighted by Crippen LogP contribution is 2.36. The molecule has 5 nitrogen and oxygen atoms in total. The van der Waals surface area contributed by atoms with E-state index >= 15 is 0 Å². The summed E-state index contributed by atoms with van der Waals surface area (Å²) in [7, 11) is -3.41. The van der Waals surface area contributed by atoms with Crippen molar-refractivity contribution in [2.24, 2.45) is 0 Å². The maximum atomic E-state index is 12.5. The molecule has 0 bridgehead atoms. The van der Waals surface area contributed by atoms with E-state index in [1.54, 1.807) is 4.31 Å². The number of aliphatic carboxylic acids is 1. The Morgan fingerprint density at radius 3 is 2.77 bits per heavy atom. The second-order valence-corrected chi connectivity index (χ2v) is 7.98. The van der Waals surface area contributed by atoms with Crippen LogP contribution in [0.15, 0.2) is 18.2 Å². The molecule has 1 saturated heterocycles. The smallest absolute Gasteiger partial charge is 0.303 e. The van der Waals surface area contributed by atoms with Gasteiger partial charge in [0.2, 0.25) is 10.0 Å². The molecular formula is C16H23NO4S. The van der Waals surface area contributed by atoms with Gasteiger partial charge in [0.25, 0.3) is 0 Å². The van der Waals surface area contributed by atoms with Crippen molar-refractivity contribution >= 4 is 16.0 Å². The zero-order valence-corrected chi connectivity index (χ0v) is 13.9. The summed E-state index contributed by atoms with van der Waals surface area (Å²) in [6.45, 7) is 4.53. The van der Waals surface area contributed by atoms with Crippen LogP contribution < -0.4 is 0 Å². The van der Waals surface area contributed by atoms with E-state index in [4.69, 9.17) is 5.11 Å². The van der Waals surface area contributed by atoms with E-state index in [1.165, 1.54) is 0 Å². The molecule has 1 atom stereocenters. The molecule has 1 N–H and O–H groups in total. The van der Waals surface area contributed by atoms with Crippen LogP contribution in [0.4, 0.5) is 0 Å². The van der Waals surface area contributed by atoms with Crippen LogP contribution in [-0.2, 0) is 14.8 Å². The minimum Gasteiger partial charge on any atom is -0.481 e. The van der Waals surface area contributed by atoms with E-state index in [-0.39, 0.29) is 24.6 Å². The first-order valence-electron chi connectivity index (χ1n) is 7.60. The van der Waals surface area contributed by atoms with Gasteiger partial charge in [0.15, 0.2) is 0 Å². The number of carboxylic acid groups (broad SMARTS) is 1. The highest BCUT2D eigenvalue weighted by molar-refractivity contribution is 7.89. The van der Waals surface area contributed by atoms with Gasteiger partial charge >= 0.3 is 5.97 Å². The molecule has 0 radical (unpaired) electrons. The fourth-order valence-corrected chi connectivity index (χ4v) is 4.78. The zero-order chi connectivity index (χ0) is 16.3. The molecule has 1 aromatic carbocycles. The summed E-state index contributed by atoms with van der Waals surface area (Å²) < 4.78 is 26.6. The van der Waals surface area contributed by atoms with Gasteiger partial charge in [0.05, 0.1) is 11.8 Å². The number of rotatable bonds is 6. The number of benzene rings is 1. The average molecular weight is 325 g/mol. The van der Waals surface area contributed by atoms with Crippen LogP contribution in [0, 0.1) is 13.8 Å². The number of sulfonamides is 1. The Labute approximate surface area is 132 Å². The molecule has 2 rings (SSSR count). The highest BCUT2D eigenvalue weighted by atomic mass is 32.2. The van der Waals surface area contributed by atoms with Gasteiger partial charge < -0.3 is 5.11 Å². The summed E-state index contributed by atoms with van der Waals surface area (Å²) in [5.74, 6) is -1.05. The predicted octanol–water partition coefficient (Wildman–Crippen LogP) is 2.63. The third-order valence-corrected chi connectivity index (χ3v) is 6.10. The highest BCUT2D eigenvalue weighted by Gasteiger charge is 2.35. The lowest BCUT2D eigenvalue weighted by Gasteiger charge is -2.26. The Kier molecular flexibility index (Phi) is 5.24. The van der Waals surface area contributed by atoms with Gasteiger partial charge in [-0.1, -0.05) is 23.8 Å².